The summed E-state index contributed by atoms with van der Waals surface area (Å²) in [6.07, 6.45) is 1.55. The molecule has 2 aromatic rings. The van der Waals surface area contributed by atoms with Crippen LogP contribution in [0.25, 0.3) is 0 Å². The van der Waals surface area contributed by atoms with E-state index in [9.17, 15) is 14.3 Å². The Balaban J connectivity index is 1.69. The highest BCUT2D eigenvalue weighted by Gasteiger charge is 2.49. The lowest BCUT2D eigenvalue weighted by Crippen LogP contribution is -2.52. The highest BCUT2D eigenvalue weighted by atomic mass is 19.1. The largest absolute Gasteiger partial charge is 0.496 e. The van der Waals surface area contributed by atoms with E-state index >= 15 is 0 Å². The van der Waals surface area contributed by atoms with Crippen LogP contribution in [0.2, 0.25) is 0 Å². The molecule has 28 heavy (non-hydrogen) atoms. The number of hydrogen-bond donors (Lipinski definition) is 1. The van der Waals surface area contributed by atoms with E-state index in [2.05, 4.69) is 0 Å². The molecule has 1 atom stereocenters. The van der Waals surface area contributed by atoms with Crippen LogP contribution in [0.5, 0.6) is 11.5 Å². The van der Waals surface area contributed by atoms with Gasteiger partial charge in [0.1, 0.15) is 23.4 Å². The van der Waals surface area contributed by atoms with E-state index in [0.717, 1.165) is 30.4 Å². The summed E-state index contributed by atoms with van der Waals surface area (Å²) in [4.78, 5) is 15.2. The predicted molar refractivity (Wildman–Crippen MR) is 102 cm³/mol. The zero-order chi connectivity index (χ0) is 19.9. The topological polar surface area (TPSA) is 59.0 Å². The third kappa shape index (κ3) is 2.83. The van der Waals surface area contributed by atoms with Crippen molar-refractivity contribution >= 4 is 5.91 Å². The molecule has 4 rings (SSSR count). The Bertz CT molecular complexity index is 892. The van der Waals surface area contributed by atoms with Gasteiger partial charge in [0, 0.05) is 17.7 Å². The maximum atomic E-state index is 13.5. The number of aliphatic hydroxyl groups is 1. The fourth-order valence-corrected chi connectivity index (χ4v) is 4.46. The molecule has 2 aliphatic rings. The van der Waals surface area contributed by atoms with E-state index < -0.39 is 11.5 Å². The normalized spacial score (nSPS) is 20.1. The van der Waals surface area contributed by atoms with Gasteiger partial charge in [0.05, 0.1) is 26.2 Å². The SMILES string of the molecule is COc1ccc(OC)c2c1CN(C(=O)C1(c3ccc(F)cc3)CCC1)CC2O. The fourth-order valence-electron chi connectivity index (χ4n) is 4.46. The van der Waals surface area contributed by atoms with E-state index in [-0.39, 0.29) is 18.3 Å². The van der Waals surface area contributed by atoms with Gasteiger partial charge >= 0.3 is 0 Å². The lowest BCUT2D eigenvalue weighted by Gasteiger charge is -2.46. The second-order valence-electron chi connectivity index (χ2n) is 7.51. The van der Waals surface area contributed by atoms with Crippen LogP contribution in [-0.2, 0) is 16.8 Å². The summed E-state index contributed by atoms with van der Waals surface area (Å²) in [7, 11) is 3.13. The van der Waals surface area contributed by atoms with Crippen LogP contribution in [-0.4, -0.2) is 36.7 Å². The highest BCUT2D eigenvalue weighted by molar-refractivity contribution is 5.89. The summed E-state index contributed by atoms with van der Waals surface area (Å²) in [6.45, 7) is 0.535. The molecule has 0 saturated heterocycles. The van der Waals surface area contributed by atoms with E-state index in [1.54, 1.807) is 43.4 Å². The molecule has 0 bridgehead atoms. The highest BCUT2D eigenvalue weighted by Crippen LogP contribution is 2.47. The average Bonchev–Trinajstić information content (AvgIpc) is 2.67. The van der Waals surface area contributed by atoms with Crippen LogP contribution in [0.15, 0.2) is 36.4 Å². The van der Waals surface area contributed by atoms with Crippen molar-refractivity contribution in [3.63, 3.8) is 0 Å². The maximum absolute atomic E-state index is 13.5. The first-order valence-corrected chi connectivity index (χ1v) is 9.47. The molecular weight excluding hydrogens is 361 g/mol. The predicted octanol–water partition coefficient (Wildman–Crippen LogP) is 3.34. The molecule has 5 nitrogen and oxygen atoms in total. The number of carbonyl (C=O) groups excluding carboxylic acids is 1. The van der Waals surface area contributed by atoms with Crippen molar-refractivity contribution in [1.82, 2.24) is 4.90 Å². The molecule has 6 heteroatoms. The second-order valence-corrected chi connectivity index (χ2v) is 7.51. The first kappa shape index (κ1) is 18.7. The Kier molecular flexibility index (Phi) is 4.75. The molecule has 1 unspecified atom stereocenters. The number of fused-ring (bicyclic) bond motifs is 1. The van der Waals surface area contributed by atoms with Gasteiger partial charge in [-0.15, -0.1) is 0 Å². The number of benzene rings is 2. The van der Waals surface area contributed by atoms with Gasteiger partial charge < -0.3 is 19.5 Å². The van der Waals surface area contributed by atoms with Gasteiger partial charge in [-0.2, -0.15) is 0 Å². The molecule has 1 aliphatic heterocycles. The Hall–Kier alpha value is -2.60. The molecule has 1 N–H and O–H groups in total. The Morgan fingerprint density at radius 1 is 1.11 bits per heavy atom. The standard InChI is InChI=1S/C22H24FNO4/c1-27-18-8-9-19(28-2)20-16(18)12-24(13-17(20)25)21(26)22(10-3-11-22)14-4-6-15(23)7-5-14/h4-9,17,25H,3,10-13H2,1-2H3. The van der Waals surface area contributed by atoms with Crippen molar-refractivity contribution in [2.45, 2.75) is 37.3 Å². The minimum atomic E-state index is -0.858. The van der Waals surface area contributed by atoms with Crippen LogP contribution in [0.1, 0.15) is 42.1 Å². The van der Waals surface area contributed by atoms with Crippen molar-refractivity contribution < 1.29 is 23.8 Å². The number of carbonyl (C=O) groups is 1. The van der Waals surface area contributed by atoms with E-state index in [0.29, 0.717) is 23.6 Å². The molecule has 1 heterocycles. The van der Waals surface area contributed by atoms with Gasteiger partial charge in [-0.3, -0.25) is 4.79 Å². The van der Waals surface area contributed by atoms with Gasteiger partial charge in [0.15, 0.2) is 0 Å². The van der Waals surface area contributed by atoms with Crippen LogP contribution in [0, 0.1) is 5.82 Å². The first-order valence-electron chi connectivity index (χ1n) is 9.47. The number of aliphatic hydroxyl groups excluding tert-OH is 1. The van der Waals surface area contributed by atoms with Crippen LogP contribution >= 0.6 is 0 Å². The molecule has 0 aromatic heterocycles. The third-order valence-electron chi connectivity index (χ3n) is 6.09. The summed E-state index contributed by atoms with van der Waals surface area (Å²) in [5, 5.41) is 10.8. The summed E-state index contributed by atoms with van der Waals surface area (Å²) >= 11 is 0. The molecule has 1 fully saturated rings. The maximum Gasteiger partial charge on any atom is 0.233 e. The molecule has 0 radical (unpaired) electrons. The van der Waals surface area contributed by atoms with E-state index in [4.69, 9.17) is 9.47 Å². The molecular formula is C22H24FNO4. The zero-order valence-electron chi connectivity index (χ0n) is 16.1. The average molecular weight is 385 g/mol. The summed E-state index contributed by atoms with van der Waals surface area (Å²) in [5.41, 5.74) is 1.64. The number of hydrogen-bond acceptors (Lipinski definition) is 4. The molecule has 0 spiro atoms. The number of methoxy groups -OCH3 is 2. The van der Waals surface area contributed by atoms with Crippen LogP contribution in [0.3, 0.4) is 0 Å². The number of rotatable bonds is 4. The molecule has 1 saturated carbocycles. The van der Waals surface area contributed by atoms with Gasteiger partial charge in [-0.1, -0.05) is 18.6 Å². The van der Waals surface area contributed by atoms with Crippen molar-refractivity contribution in [3.8, 4) is 11.5 Å². The summed E-state index contributed by atoms with van der Waals surface area (Å²) < 4.78 is 24.2. The van der Waals surface area contributed by atoms with Gasteiger partial charge in [0.25, 0.3) is 0 Å². The van der Waals surface area contributed by atoms with Crippen LogP contribution < -0.4 is 9.47 Å². The molecule has 1 aliphatic carbocycles. The Morgan fingerprint density at radius 3 is 2.32 bits per heavy atom. The second kappa shape index (κ2) is 7.09. The monoisotopic (exact) mass is 385 g/mol. The quantitative estimate of drug-likeness (QED) is 0.877. The minimum absolute atomic E-state index is 0.0278. The zero-order valence-corrected chi connectivity index (χ0v) is 16.1. The number of amides is 1. The van der Waals surface area contributed by atoms with Crippen molar-refractivity contribution in [2.75, 3.05) is 20.8 Å². The Morgan fingerprint density at radius 2 is 1.75 bits per heavy atom. The minimum Gasteiger partial charge on any atom is -0.496 e. The van der Waals surface area contributed by atoms with Gasteiger partial charge in [0.2, 0.25) is 5.91 Å². The van der Waals surface area contributed by atoms with Gasteiger partial charge in [-0.05, 0) is 42.7 Å². The molecule has 1 amide bonds. The summed E-state index contributed by atoms with van der Waals surface area (Å²) in [5.74, 6) is 0.869. The molecule has 148 valence electrons. The van der Waals surface area contributed by atoms with Gasteiger partial charge in [-0.25, -0.2) is 4.39 Å². The van der Waals surface area contributed by atoms with E-state index in [1.807, 2.05) is 0 Å². The van der Waals surface area contributed by atoms with Crippen molar-refractivity contribution in [2.24, 2.45) is 0 Å². The lowest BCUT2D eigenvalue weighted by atomic mass is 9.63. The number of β-amino-alcohol motifs (C(OH)–C–C–N with tert-alkyl or cyclic N) is 1. The lowest BCUT2D eigenvalue weighted by molar-refractivity contribution is -0.144. The number of nitrogens with zero attached hydrogens (tertiary/aromatic N) is 1. The smallest absolute Gasteiger partial charge is 0.233 e. The number of halogens is 1. The fraction of sp³-hybridized carbons (Fsp3) is 0.409. The summed E-state index contributed by atoms with van der Waals surface area (Å²) in [6, 6.07) is 9.75. The molecule has 2 aromatic carbocycles. The first-order chi connectivity index (χ1) is 13.5. The number of ether oxygens (including phenoxy) is 2. The van der Waals surface area contributed by atoms with Crippen molar-refractivity contribution in [1.29, 1.82) is 0 Å². The van der Waals surface area contributed by atoms with Crippen LogP contribution in [0.4, 0.5) is 4.39 Å². The third-order valence-corrected chi connectivity index (χ3v) is 6.09. The van der Waals surface area contributed by atoms with Crippen molar-refractivity contribution in [3.05, 3.63) is 58.9 Å². The van der Waals surface area contributed by atoms with E-state index in [1.165, 1.54) is 12.1 Å². The Labute approximate surface area is 163 Å².